The van der Waals surface area contributed by atoms with E-state index in [1.54, 1.807) is 12.1 Å². The van der Waals surface area contributed by atoms with Crippen LogP contribution in [0.3, 0.4) is 0 Å². The van der Waals surface area contributed by atoms with Crippen LogP contribution in [-0.4, -0.2) is 49.5 Å². The number of carboxylic acids is 1. The van der Waals surface area contributed by atoms with Crippen molar-refractivity contribution in [1.29, 1.82) is 0 Å². The normalized spacial score (nSPS) is 13.7. The number of nitrogens with zero attached hydrogens (tertiary/aromatic N) is 3. The van der Waals surface area contributed by atoms with E-state index >= 15 is 0 Å². The zero-order chi connectivity index (χ0) is 26.0. The molecule has 0 aromatic heterocycles. The minimum absolute atomic E-state index is 0.0115. The number of aliphatic carboxylic acids is 1. The number of carboxylic acid groups (broad SMARTS) is 1. The second-order valence-electron chi connectivity index (χ2n) is 8.10. The van der Waals surface area contributed by atoms with Crippen molar-refractivity contribution < 1.29 is 34.6 Å². The molecule has 3 aromatic carbocycles. The Bertz CT molecular complexity index is 1300. The molecule has 0 radical (unpaired) electrons. The lowest BCUT2D eigenvalue weighted by Crippen LogP contribution is -2.66. The number of hydrazine groups is 2. The van der Waals surface area contributed by atoms with Crippen LogP contribution < -0.4 is 0 Å². The number of ether oxygens (including phenoxy) is 1. The Morgan fingerprint density at radius 3 is 1.86 bits per heavy atom. The number of carbonyl (C=O) groups is 2. The molecule has 1 aliphatic carbocycles. The summed E-state index contributed by atoms with van der Waals surface area (Å²) < 4.78 is 5.32. The van der Waals surface area contributed by atoms with Crippen LogP contribution in [0.1, 0.15) is 22.6 Å². The first-order valence-corrected chi connectivity index (χ1v) is 10.6. The summed E-state index contributed by atoms with van der Waals surface area (Å²) >= 11 is 0. The van der Waals surface area contributed by atoms with E-state index in [-0.39, 0.29) is 11.3 Å². The van der Waals surface area contributed by atoms with Crippen LogP contribution in [-0.2, 0) is 20.7 Å². The molecule has 0 fully saturated rings. The summed E-state index contributed by atoms with van der Waals surface area (Å²) in [5, 5.41) is 38.7. The molecule has 0 bridgehead atoms. The van der Waals surface area contributed by atoms with Gasteiger partial charge in [0, 0.05) is 12.3 Å². The number of fused-ring (bicyclic) bond motifs is 3. The van der Waals surface area contributed by atoms with E-state index in [0.29, 0.717) is 0 Å². The maximum Gasteiger partial charge on any atom is 0.364 e. The minimum atomic E-state index is -3.33. The second-order valence-corrected chi connectivity index (χ2v) is 8.10. The molecule has 36 heavy (non-hydrogen) atoms. The van der Waals surface area contributed by atoms with E-state index in [2.05, 4.69) is 0 Å². The number of esters is 1. The van der Waals surface area contributed by atoms with Gasteiger partial charge >= 0.3 is 17.5 Å². The third-order valence-electron chi connectivity index (χ3n) is 6.08. The summed E-state index contributed by atoms with van der Waals surface area (Å²) in [5.41, 5.74) is 0.0526. The lowest BCUT2D eigenvalue weighted by Gasteiger charge is -2.26. The van der Waals surface area contributed by atoms with Crippen LogP contribution in [0.15, 0.2) is 72.8 Å². The molecule has 12 heteroatoms. The number of hydrogen-bond donors (Lipinski definition) is 2. The van der Waals surface area contributed by atoms with Crippen molar-refractivity contribution in [1.82, 2.24) is 5.12 Å². The summed E-state index contributed by atoms with van der Waals surface area (Å²) in [5.74, 6) is -4.51. The Kier molecular flexibility index (Phi) is 6.26. The lowest BCUT2D eigenvalue weighted by molar-refractivity contribution is -0.917. The molecule has 0 unspecified atom stereocenters. The fourth-order valence-corrected chi connectivity index (χ4v) is 4.44. The largest absolute Gasteiger partial charge is 0.508 e. The van der Waals surface area contributed by atoms with E-state index in [9.17, 15) is 40.0 Å². The fraction of sp³-hybridized carbons (Fsp3) is 0.167. The molecule has 1 aliphatic rings. The highest BCUT2D eigenvalue weighted by Gasteiger charge is 2.67. The zero-order valence-electron chi connectivity index (χ0n) is 18.5. The molecule has 0 spiro atoms. The van der Waals surface area contributed by atoms with E-state index in [1.165, 1.54) is 12.1 Å². The summed E-state index contributed by atoms with van der Waals surface area (Å²) in [7, 11) is 0. The summed E-state index contributed by atoms with van der Waals surface area (Å²) in [6, 6.07) is 19.3. The van der Waals surface area contributed by atoms with Gasteiger partial charge in [0.05, 0.1) is 0 Å². The van der Waals surface area contributed by atoms with Crippen molar-refractivity contribution in [2.24, 2.45) is 0 Å². The van der Waals surface area contributed by atoms with Gasteiger partial charge in [-0.2, -0.15) is 0 Å². The highest BCUT2D eigenvalue weighted by molar-refractivity contribution is 6.04. The van der Waals surface area contributed by atoms with Gasteiger partial charge in [-0.15, -0.1) is 0 Å². The van der Waals surface area contributed by atoms with Crippen LogP contribution in [0.4, 0.5) is 0 Å². The number of hydrogen-bond acceptors (Lipinski definition) is 8. The third kappa shape index (κ3) is 4.04. The smallest absolute Gasteiger partial charge is 0.364 e. The van der Waals surface area contributed by atoms with Gasteiger partial charge in [0.2, 0.25) is 10.1 Å². The maximum absolute atomic E-state index is 13.3. The molecule has 2 N–H and O–H groups in total. The topological polar surface area (TPSA) is 173 Å². The Labute approximate surface area is 203 Å². The molecule has 12 nitrogen and oxygen atoms in total. The molecule has 0 amide bonds. The number of rotatable bonds is 9. The summed E-state index contributed by atoms with van der Waals surface area (Å²) in [6.45, 7) is -0.402. The Morgan fingerprint density at radius 2 is 1.39 bits per heavy atom. The Hall–Kier alpha value is -5.00. The van der Waals surface area contributed by atoms with Gasteiger partial charge in [-0.1, -0.05) is 60.7 Å². The SMILES string of the molecule is O=C(O)[C@@](Cc1ccc(O)cc1)(C(=O)OCC1c2ccccc2-c2ccccc21)N([N+](=O)[O-])[N+](=O)[O-]. The van der Waals surface area contributed by atoms with Crippen LogP contribution in [0.2, 0.25) is 0 Å². The first-order chi connectivity index (χ1) is 17.2. The van der Waals surface area contributed by atoms with E-state index in [4.69, 9.17) is 4.74 Å². The molecule has 0 saturated carbocycles. The van der Waals surface area contributed by atoms with Gasteiger partial charge < -0.3 is 14.9 Å². The first-order valence-electron chi connectivity index (χ1n) is 10.6. The number of aromatic hydroxyl groups is 1. The van der Waals surface area contributed by atoms with Crippen molar-refractivity contribution in [3.8, 4) is 16.9 Å². The van der Waals surface area contributed by atoms with E-state index < -0.39 is 51.6 Å². The lowest BCUT2D eigenvalue weighted by atomic mass is 9.90. The van der Waals surface area contributed by atoms with Crippen molar-refractivity contribution in [3.05, 3.63) is 110 Å². The average molecular weight is 493 g/mol. The molecule has 184 valence electrons. The molecule has 0 saturated heterocycles. The van der Waals surface area contributed by atoms with Crippen molar-refractivity contribution in [2.45, 2.75) is 17.9 Å². The first kappa shape index (κ1) is 24.1. The van der Waals surface area contributed by atoms with Crippen LogP contribution in [0, 0.1) is 20.2 Å². The van der Waals surface area contributed by atoms with Gasteiger partial charge in [0.1, 0.15) is 12.4 Å². The minimum Gasteiger partial charge on any atom is -0.508 e. The Balaban J connectivity index is 1.72. The second kappa shape index (κ2) is 9.33. The molecule has 1 atom stereocenters. The van der Waals surface area contributed by atoms with Crippen LogP contribution in [0.25, 0.3) is 11.1 Å². The molecular weight excluding hydrogens is 474 g/mol. The molecule has 0 aliphatic heterocycles. The predicted molar refractivity (Wildman–Crippen MR) is 123 cm³/mol. The van der Waals surface area contributed by atoms with Crippen molar-refractivity contribution in [2.75, 3.05) is 6.61 Å². The van der Waals surface area contributed by atoms with Crippen molar-refractivity contribution in [3.63, 3.8) is 0 Å². The third-order valence-corrected chi connectivity index (χ3v) is 6.08. The van der Waals surface area contributed by atoms with Gasteiger partial charge in [0.15, 0.2) is 5.12 Å². The van der Waals surface area contributed by atoms with E-state index in [1.807, 2.05) is 36.4 Å². The highest BCUT2D eigenvalue weighted by atomic mass is 16.8. The molecule has 3 aromatic rings. The number of carbonyl (C=O) groups excluding carboxylic acids is 1. The van der Waals surface area contributed by atoms with Gasteiger partial charge in [-0.25, -0.2) is 29.8 Å². The monoisotopic (exact) mass is 493 g/mol. The Morgan fingerprint density at radius 1 is 0.889 bits per heavy atom. The van der Waals surface area contributed by atoms with Gasteiger partial charge in [-0.3, -0.25) is 0 Å². The van der Waals surface area contributed by atoms with Crippen LogP contribution >= 0.6 is 0 Å². The van der Waals surface area contributed by atoms with Crippen molar-refractivity contribution >= 4 is 11.9 Å². The highest BCUT2D eigenvalue weighted by Crippen LogP contribution is 2.44. The predicted octanol–water partition coefficient (Wildman–Crippen LogP) is 2.80. The number of phenolic OH excluding ortho intramolecular Hbond substituents is 1. The maximum atomic E-state index is 13.3. The summed E-state index contributed by atoms with van der Waals surface area (Å²) in [6.07, 6.45) is -0.971. The van der Waals surface area contributed by atoms with Gasteiger partial charge in [-0.05, 0) is 39.9 Å². The quantitative estimate of drug-likeness (QED) is 0.195. The standard InChI is InChI=1S/C24H19N3O9/c28-16-11-9-15(10-12-16)13-24(22(29)30,25(26(32)33)27(34)35)23(31)36-14-21-19-7-3-1-5-17(19)18-6-2-4-8-20(18)21/h1-12,21,28H,13-14H2,(H,29,30)/t24-/m0/s1. The zero-order valence-corrected chi connectivity index (χ0v) is 18.5. The van der Waals surface area contributed by atoms with Crippen LogP contribution in [0.5, 0.6) is 5.75 Å². The van der Waals surface area contributed by atoms with Gasteiger partial charge in [0.25, 0.3) is 0 Å². The number of benzene rings is 3. The fourth-order valence-electron chi connectivity index (χ4n) is 4.44. The van der Waals surface area contributed by atoms with E-state index in [0.717, 1.165) is 34.4 Å². The molecular formula is C24H19N3O9. The average Bonchev–Trinajstić information content (AvgIpc) is 3.16. The number of nitro groups is 2. The summed E-state index contributed by atoms with van der Waals surface area (Å²) in [4.78, 5) is 48.9. The molecule has 4 rings (SSSR count). The number of phenols is 1. The molecule has 0 heterocycles.